The monoisotopic (exact) mass is 201 g/mol. The maximum atomic E-state index is 9.00. The summed E-state index contributed by atoms with van der Waals surface area (Å²) >= 11 is 5.83. The Morgan fingerprint density at radius 2 is 2.23 bits per heavy atom. The molecule has 1 N–H and O–H groups in total. The molecule has 0 saturated heterocycles. The lowest BCUT2D eigenvalue weighted by Gasteiger charge is -2.09. The first-order chi connectivity index (χ1) is 6.13. The minimum absolute atomic E-state index is 0.452. The number of hydrogen-bond acceptors (Lipinski definition) is 3. The molecule has 0 aliphatic carbocycles. The summed E-state index contributed by atoms with van der Waals surface area (Å²) in [6, 6.07) is 5.39. The highest BCUT2D eigenvalue weighted by atomic mass is 35.5. The lowest BCUT2D eigenvalue weighted by Crippen LogP contribution is -2.11. The highest BCUT2D eigenvalue weighted by Gasteiger charge is 2.02. The quantitative estimate of drug-likeness (QED) is 0.761. The number of methoxy groups -OCH3 is 1. The van der Waals surface area contributed by atoms with Crippen LogP contribution in [0.2, 0.25) is 5.02 Å². The summed E-state index contributed by atoms with van der Waals surface area (Å²) in [4.78, 5) is 0. The van der Waals surface area contributed by atoms with Crippen LogP contribution in [-0.2, 0) is 6.54 Å². The van der Waals surface area contributed by atoms with Crippen LogP contribution in [0.4, 0.5) is 0 Å². The topological polar surface area (TPSA) is 32.7 Å². The van der Waals surface area contributed by atoms with Crippen LogP contribution in [-0.4, -0.2) is 24.4 Å². The van der Waals surface area contributed by atoms with E-state index in [0.717, 1.165) is 10.6 Å². The van der Waals surface area contributed by atoms with Gasteiger partial charge in [0.1, 0.15) is 5.75 Å². The highest BCUT2D eigenvalue weighted by Crippen LogP contribution is 2.25. The van der Waals surface area contributed by atoms with Crippen LogP contribution in [0.25, 0.3) is 0 Å². The first-order valence-corrected chi connectivity index (χ1v) is 4.23. The van der Waals surface area contributed by atoms with E-state index in [9.17, 15) is 0 Å². The van der Waals surface area contributed by atoms with Crippen molar-refractivity contribution in [1.82, 2.24) is 5.06 Å². The van der Waals surface area contributed by atoms with Crippen LogP contribution in [0.5, 0.6) is 5.75 Å². The standard InChI is InChI=1S/C9H12ClNO2/c1-11(12)6-7-3-4-8(10)9(5-7)13-2/h3-5,12H,6H2,1-2H3. The molecule has 0 atom stereocenters. The second-order valence-corrected chi connectivity index (χ2v) is 3.19. The number of nitrogens with zero attached hydrogens (tertiary/aromatic N) is 1. The van der Waals surface area contributed by atoms with Gasteiger partial charge in [-0.1, -0.05) is 17.7 Å². The van der Waals surface area contributed by atoms with Crippen LogP contribution < -0.4 is 4.74 Å². The van der Waals surface area contributed by atoms with E-state index in [1.165, 1.54) is 0 Å². The van der Waals surface area contributed by atoms with E-state index in [2.05, 4.69) is 0 Å². The zero-order valence-corrected chi connectivity index (χ0v) is 8.38. The summed E-state index contributed by atoms with van der Waals surface area (Å²) < 4.78 is 5.04. The maximum absolute atomic E-state index is 9.00. The Balaban J connectivity index is 2.86. The normalized spacial score (nSPS) is 10.5. The summed E-state index contributed by atoms with van der Waals surface area (Å²) in [5, 5.41) is 10.7. The van der Waals surface area contributed by atoms with Crippen molar-refractivity contribution in [2.45, 2.75) is 6.54 Å². The van der Waals surface area contributed by atoms with Crippen molar-refractivity contribution < 1.29 is 9.94 Å². The van der Waals surface area contributed by atoms with Crippen molar-refractivity contribution in [3.63, 3.8) is 0 Å². The summed E-state index contributed by atoms with van der Waals surface area (Å²) in [5.41, 5.74) is 0.950. The number of benzene rings is 1. The third-order valence-corrected chi connectivity index (χ3v) is 1.94. The fraction of sp³-hybridized carbons (Fsp3) is 0.333. The molecule has 0 saturated carbocycles. The average Bonchev–Trinajstić information content (AvgIpc) is 2.07. The second kappa shape index (κ2) is 4.46. The zero-order valence-electron chi connectivity index (χ0n) is 7.62. The largest absolute Gasteiger partial charge is 0.495 e. The van der Waals surface area contributed by atoms with E-state index in [4.69, 9.17) is 21.5 Å². The van der Waals surface area contributed by atoms with Gasteiger partial charge in [0.25, 0.3) is 0 Å². The zero-order chi connectivity index (χ0) is 9.84. The highest BCUT2D eigenvalue weighted by molar-refractivity contribution is 6.32. The number of ether oxygens (including phenoxy) is 1. The number of rotatable bonds is 3. The van der Waals surface area contributed by atoms with E-state index in [-0.39, 0.29) is 0 Å². The van der Waals surface area contributed by atoms with E-state index in [1.54, 1.807) is 26.3 Å². The Bertz CT molecular complexity index is 289. The summed E-state index contributed by atoms with van der Waals surface area (Å²) in [7, 11) is 3.15. The van der Waals surface area contributed by atoms with Crippen molar-refractivity contribution in [3.05, 3.63) is 28.8 Å². The lowest BCUT2D eigenvalue weighted by molar-refractivity contribution is -0.0731. The number of hydroxylamine groups is 2. The molecule has 1 aromatic rings. The van der Waals surface area contributed by atoms with Crippen LogP contribution in [0.15, 0.2) is 18.2 Å². The van der Waals surface area contributed by atoms with Gasteiger partial charge in [-0.15, -0.1) is 0 Å². The number of hydrogen-bond donors (Lipinski definition) is 1. The molecule has 0 aromatic heterocycles. The first-order valence-electron chi connectivity index (χ1n) is 3.86. The molecule has 4 heteroatoms. The minimum Gasteiger partial charge on any atom is -0.495 e. The Morgan fingerprint density at radius 1 is 1.54 bits per heavy atom. The molecule has 0 fully saturated rings. The van der Waals surface area contributed by atoms with E-state index in [0.29, 0.717) is 17.3 Å². The fourth-order valence-corrected chi connectivity index (χ4v) is 1.26. The van der Waals surface area contributed by atoms with Crippen LogP contribution in [0, 0.1) is 0 Å². The first kappa shape index (κ1) is 10.3. The van der Waals surface area contributed by atoms with Gasteiger partial charge in [0.2, 0.25) is 0 Å². The van der Waals surface area contributed by atoms with Crippen molar-refractivity contribution >= 4 is 11.6 Å². The molecule has 0 heterocycles. The van der Waals surface area contributed by atoms with Gasteiger partial charge in [-0.3, -0.25) is 0 Å². The van der Waals surface area contributed by atoms with Gasteiger partial charge < -0.3 is 9.94 Å². The Hall–Kier alpha value is -0.770. The molecule has 0 aliphatic rings. The van der Waals surface area contributed by atoms with Gasteiger partial charge >= 0.3 is 0 Å². The van der Waals surface area contributed by atoms with Gasteiger partial charge in [0, 0.05) is 13.6 Å². The van der Waals surface area contributed by atoms with Crippen molar-refractivity contribution in [2.24, 2.45) is 0 Å². The number of halogens is 1. The van der Waals surface area contributed by atoms with Crippen LogP contribution >= 0.6 is 11.6 Å². The SMILES string of the molecule is COc1cc(CN(C)O)ccc1Cl. The molecular weight excluding hydrogens is 190 g/mol. The fourth-order valence-electron chi connectivity index (χ4n) is 1.07. The Labute approximate surface area is 82.5 Å². The van der Waals surface area contributed by atoms with E-state index < -0.39 is 0 Å². The third-order valence-electron chi connectivity index (χ3n) is 1.63. The predicted octanol–water partition coefficient (Wildman–Crippen LogP) is 2.17. The molecule has 1 rings (SSSR count). The van der Waals surface area contributed by atoms with Crippen LogP contribution in [0.1, 0.15) is 5.56 Å². The molecule has 0 amide bonds. The average molecular weight is 202 g/mol. The molecule has 3 nitrogen and oxygen atoms in total. The van der Waals surface area contributed by atoms with Gasteiger partial charge in [-0.05, 0) is 17.7 Å². The third kappa shape index (κ3) is 2.88. The smallest absolute Gasteiger partial charge is 0.137 e. The molecular formula is C9H12ClNO2. The molecule has 72 valence electrons. The van der Waals surface area contributed by atoms with Crippen molar-refractivity contribution in [2.75, 3.05) is 14.2 Å². The van der Waals surface area contributed by atoms with E-state index >= 15 is 0 Å². The van der Waals surface area contributed by atoms with Gasteiger partial charge in [-0.2, -0.15) is 5.06 Å². The summed E-state index contributed by atoms with van der Waals surface area (Å²) in [6.45, 7) is 0.452. The Kier molecular flexibility index (Phi) is 3.54. The molecule has 13 heavy (non-hydrogen) atoms. The van der Waals surface area contributed by atoms with Gasteiger partial charge in [-0.25, -0.2) is 0 Å². The molecule has 0 spiro atoms. The van der Waals surface area contributed by atoms with Crippen molar-refractivity contribution in [3.8, 4) is 5.75 Å². The molecule has 1 aromatic carbocycles. The second-order valence-electron chi connectivity index (χ2n) is 2.78. The lowest BCUT2D eigenvalue weighted by atomic mass is 10.2. The van der Waals surface area contributed by atoms with Crippen molar-refractivity contribution in [1.29, 1.82) is 0 Å². The predicted molar refractivity (Wildman–Crippen MR) is 51.3 cm³/mol. The summed E-state index contributed by atoms with van der Waals surface area (Å²) in [6.07, 6.45) is 0. The summed E-state index contributed by atoms with van der Waals surface area (Å²) in [5.74, 6) is 0.626. The van der Waals surface area contributed by atoms with Gasteiger partial charge in [0.05, 0.1) is 12.1 Å². The molecule has 0 radical (unpaired) electrons. The minimum atomic E-state index is 0.452. The molecule has 0 bridgehead atoms. The molecule has 0 unspecified atom stereocenters. The maximum Gasteiger partial charge on any atom is 0.137 e. The van der Waals surface area contributed by atoms with Crippen LogP contribution in [0.3, 0.4) is 0 Å². The molecule has 0 aliphatic heterocycles. The Morgan fingerprint density at radius 3 is 2.77 bits per heavy atom. The van der Waals surface area contributed by atoms with Gasteiger partial charge in [0.15, 0.2) is 0 Å². The van der Waals surface area contributed by atoms with E-state index in [1.807, 2.05) is 6.07 Å².